The Morgan fingerprint density at radius 1 is 1.29 bits per heavy atom. The molecule has 0 N–H and O–H groups in total. The minimum Gasteiger partial charge on any atom is -0.366 e. The van der Waals surface area contributed by atoms with Gasteiger partial charge in [-0.05, 0) is 31.0 Å². The van der Waals surface area contributed by atoms with Gasteiger partial charge >= 0.3 is 0 Å². The minimum absolute atomic E-state index is 0.575. The van der Waals surface area contributed by atoms with Crippen LogP contribution in [-0.2, 0) is 0 Å². The standard InChI is InChI=1S/C16H17ClN4/c1-20-13-3-2-6-21(10-13)15-5-4-14(19-16(15)20)11-7-12(17)9-18-8-11/h4-5,7-9,13H,2-3,6,10H2,1H3/t13-/m0/s1. The summed E-state index contributed by atoms with van der Waals surface area (Å²) in [4.78, 5) is 13.8. The highest BCUT2D eigenvalue weighted by molar-refractivity contribution is 6.30. The first kappa shape index (κ1) is 12.9. The third-order valence-corrected chi connectivity index (χ3v) is 4.68. The Morgan fingerprint density at radius 2 is 2.19 bits per heavy atom. The van der Waals surface area contributed by atoms with Gasteiger partial charge in [-0.15, -0.1) is 0 Å². The summed E-state index contributed by atoms with van der Waals surface area (Å²) in [7, 11) is 2.15. The van der Waals surface area contributed by atoms with Crippen molar-refractivity contribution in [2.24, 2.45) is 0 Å². The van der Waals surface area contributed by atoms with Crippen LogP contribution in [0.15, 0.2) is 30.6 Å². The molecule has 0 aliphatic carbocycles. The summed E-state index contributed by atoms with van der Waals surface area (Å²) in [6.07, 6.45) is 5.96. The highest BCUT2D eigenvalue weighted by Gasteiger charge is 2.32. The summed E-state index contributed by atoms with van der Waals surface area (Å²) < 4.78 is 0. The second-order valence-corrected chi connectivity index (χ2v) is 6.22. The Labute approximate surface area is 129 Å². The van der Waals surface area contributed by atoms with E-state index >= 15 is 0 Å². The summed E-state index contributed by atoms with van der Waals surface area (Å²) in [6, 6.07) is 6.73. The first-order valence-corrected chi connectivity index (χ1v) is 7.70. The average molecular weight is 301 g/mol. The van der Waals surface area contributed by atoms with Gasteiger partial charge in [0.05, 0.1) is 16.4 Å². The molecule has 0 amide bonds. The monoisotopic (exact) mass is 300 g/mol. The lowest BCUT2D eigenvalue weighted by molar-refractivity contribution is 0.469. The second-order valence-electron chi connectivity index (χ2n) is 5.78. The van der Waals surface area contributed by atoms with Crippen molar-refractivity contribution in [3.8, 4) is 11.3 Å². The lowest BCUT2D eigenvalue weighted by Gasteiger charge is -2.45. The van der Waals surface area contributed by atoms with Crippen LogP contribution >= 0.6 is 11.6 Å². The van der Waals surface area contributed by atoms with Gasteiger partial charge in [-0.2, -0.15) is 0 Å². The maximum Gasteiger partial charge on any atom is 0.152 e. The van der Waals surface area contributed by atoms with E-state index < -0.39 is 0 Å². The Kier molecular flexibility index (Phi) is 3.00. The molecule has 2 aliphatic rings. The predicted octanol–water partition coefficient (Wildman–Crippen LogP) is 3.22. The Morgan fingerprint density at radius 3 is 3.05 bits per heavy atom. The molecular weight excluding hydrogens is 284 g/mol. The summed E-state index contributed by atoms with van der Waals surface area (Å²) in [5.41, 5.74) is 3.13. The number of nitrogens with zero attached hydrogens (tertiary/aromatic N) is 4. The first-order valence-electron chi connectivity index (χ1n) is 7.32. The molecule has 1 fully saturated rings. The predicted molar refractivity (Wildman–Crippen MR) is 86.1 cm³/mol. The van der Waals surface area contributed by atoms with Gasteiger partial charge < -0.3 is 9.80 Å². The van der Waals surface area contributed by atoms with E-state index in [0.29, 0.717) is 11.1 Å². The SMILES string of the molecule is CN1c2nc(-c3cncc(Cl)c3)ccc2N2CCC[C@H]1C2. The van der Waals surface area contributed by atoms with Gasteiger partial charge in [0.1, 0.15) is 0 Å². The van der Waals surface area contributed by atoms with Gasteiger partial charge in [-0.25, -0.2) is 4.98 Å². The van der Waals surface area contributed by atoms with Gasteiger partial charge in [-0.1, -0.05) is 11.6 Å². The zero-order chi connectivity index (χ0) is 14.4. The number of aromatic nitrogens is 2. The number of halogens is 1. The lowest BCUT2D eigenvalue weighted by atomic mass is 10.00. The average Bonchev–Trinajstić information content (AvgIpc) is 2.53. The number of hydrogen-bond acceptors (Lipinski definition) is 4. The van der Waals surface area contributed by atoms with Crippen molar-refractivity contribution in [1.29, 1.82) is 0 Å². The quantitative estimate of drug-likeness (QED) is 0.809. The van der Waals surface area contributed by atoms with Crippen molar-refractivity contribution < 1.29 is 0 Å². The summed E-state index contributed by atoms with van der Waals surface area (Å²) >= 11 is 6.04. The molecule has 0 spiro atoms. The van der Waals surface area contributed by atoms with Crippen molar-refractivity contribution in [3.05, 3.63) is 35.6 Å². The molecule has 5 heteroatoms. The fourth-order valence-electron chi connectivity index (χ4n) is 3.32. The molecule has 2 aliphatic heterocycles. The van der Waals surface area contributed by atoms with Crippen molar-refractivity contribution in [1.82, 2.24) is 9.97 Å². The molecule has 2 aromatic rings. The molecule has 0 radical (unpaired) electrons. The van der Waals surface area contributed by atoms with E-state index in [2.05, 4.69) is 34.0 Å². The number of pyridine rings is 2. The van der Waals surface area contributed by atoms with Crippen LogP contribution in [0.5, 0.6) is 0 Å². The molecular formula is C16H17ClN4. The Bertz CT molecular complexity index is 688. The molecule has 108 valence electrons. The van der Waals surface area contributed by atoms with Gasteiger partial charge in [0.15, 0.2) is 5.82 Å². The molecule has 0 unspecified atom stereocenters. The van der Waals surface area contributed by atoms with E-state index in [1.165, 1.54) is 18.5 Å². The van der Waals surface area contributed by atoms with E-state index in [1.54, 1.807) is 6.20 Å². The Balaban J connectivity index is 1.80. The highest BCUT2D eigenvalue weighted by atomic mass is 35.5. The van der Waals surface area contributed by atoms with Gasteiger partial charge in [0, 0.05) is 44.1 Å². The van der Waals surface area contributed by atoms with Gasteiger partial charge in [0.25, 0.3) is 0 Å². The third-order valence-electron chi connectivity index (χ3n) is 4.47. The highest BCUT2D eigenvalue weighted by Crippen LogP contribution is 2.38. The Hall–Kier alpha value is -1.81. The second kappa shape index (κ2) is 4.88. The topological polar surface area (TPSA) is 32.3 Å². The summed E-state index contributed by atoms with van der Waals surface area (Å²) in [6.45, 7) is 2.25. The molecule has 4 nitrogen and oxygen atoms in total. The van der Waals surface area contributed by atoms with Crippen LogP contribution in [-0.4, -0.2) is 36.1 Å². The maximum atomic E-state index is 6.04. The summed E-state index contributed by atoms with van der Waals surface area (Å²) in [5.74, 6) is 1.07. The molecule has 4 rings (SSSR count). The number of piperidine rings is 1. The number of hydrogen-bond donors (Lipinski definition) is 0. The molecule has 1 saturated heterocycles. The van der Waals surface area contributed by atoms with Gasteiger partial charge in [0.2, 0.25) is 0 Å². The van der Waals surface area contributed by atoms with E-state index in [1.807, 2.05) is 12.3 Å². The minimum atomic E-state index is 0.575. The number of fused-ring (bicyclic) bond motifs is 4. The molecule has 4 heterocycles. The van der Waals surface area contributed by atoms with E-state index in [-0.39, 0.29) is 0 Å². The third kappa shape index (κ3) is 2.14. The van der Waals surface area contributed by atoms with Crippen molar-refractivity contribution >= 4 is 23.1 Å². The van der Waals surface area contributed by atoms with Crippen LogP contribution in [0.3, 0.4) is 0 Å². The number of rotatable bonds is 1. The van der Waals surface area contributed by atoms with Gasteiger partial charge in [-0.3, -0.25) is 4.98 Å². The number of anilines is 2. The normalized spacial score (nSPS) is 20.4. The zero-order valence-electron chi connectivity index (χ0n) is 12.0. The van der Waals surface area contributed by atoms with Crippen LogP contribution < -0.4 is 9.80 Å². The van der Waals surface area contributed by atoms with E-state index in [0.717, 1.165) is 30.2 Å². The van der Waals surface area contributed by atoms with Crippen LogP contribution in [0, 0.1) is 0 Å². The van der Waals surface area contributed by atoms with Crippen molar-refractivity contribution in [3.63, 3.8) is 0 Å². The molecule has 0 saturated carbocycles. The van der Waals surface area contributed by atoms with Crippen LogP contribution in [0.2, 0.25) is 5.02 Å². The lowest BCUT2D eigenvalue weighted by Crippen LogP contribution is -2.51. The van der Waals surface area contributed by atoms with Crippen LogP contribution in [0.25, 0.3) is 11.3 Å². The molecule has 0 aromatic carbocycles. The van der Waals surface area contributed by atoms with Crippen molar-refractivity contribution in [2.45, 2.75) is 18.9 Å². The first-order chi connectivity index (χ1) is 10.2. The zero-order valence-corrected chi connectivity index (χ0v) is 12.7. The smallest absolute Gasteiger partial charge is 0.152 e. The van der Waals surface area contributed by atoms with Crippen LogP contribution in [0.4, 0.5) is 11.5 Å². The van der Waals surface area contributed by atoms with Crippen molar-refractivity contribution in [2.75, 3.05) is 29.9 Å². The maximum absolute atomic E-state index is 6.04. The molecule has 2 bridgehead atoms. The summed E-state index contributed by atoms with van der Waals surface area (Å²) in [5, 5.41) is 0.640. The fourth-order valence-corrected chi connectivity index (χ4v) is 3.50. The largest absolute Gasteiger partial charge is 0.366 e. The number of likely N-dealkylation sites (N-methyl/N-ethyl adjacent to an activating group) is 1. The fraction of sp³-hybridized carbons (Fsp3) is 0.375. The molecule has 21 heavy (non-hydrogen) atoms. The molecule has 1 atom stereocenters. The molecule has 2 aromatic heterocycles. The van der Waals surface area contributed by atoms with E-state index in [9.17, 15) is 0 Å². The van der Waals surface area contributed by atoms with E-state index in [4.69, 9.17) is 16.6 Å². The van der Waals surface area contributed by atoms with Crippen LogP contribution in [0.1, 0.15) is 12.8 Å².